The molecule has 0 saturated heterocycles. The predicted octanol–water partition coefficient (Wildman–Crippen LogP) is 11.8. The highest BCUT2D eigenvalue weighted by molar-refractivity contribution is 7.47. The zero-order valence-corrected chi connectivity index (χ0v) is 32.8. The number of rotatable bonds is 37. The van der Waals surface area contributed by atoms with Crippen molar-refractivity contribution in [3.8, 4) is 0 Å². The van der Waals surface area contributed by atoms with Gasteiger partial charge in [0.2, 0.25) is 0 Å². The molecule has 0 heterocycles. The van der Waals surface area contributed by atoms with Crippen molar-refractivity contribution in [2.75, 3.05) is 26.4 Å². The minimum Gasteiger partial charge on any atom is -0.498 e. The van der Waals surface area contributed by atoms with Crippen LogP contribution in [-0.2, 0) is 27.9 Å². The standard InChI is InChI=1S/C41H74NO7P/c1-3-5-7-9-11-13-15-17-19-21-23-25-27-29-31-33-36-46-38-40(39-48-50(44,45)47-37-35-42)49-41(43)34-32-30-28-26-24-22-20-18-16-14-12-10-8-6-4-2/h6,8,12-15,18,20,33,36,40H,3-5,7,9-11,16-17,19,21-32,34-35,37-39,42H2,1-2H3,(H,44,45)/t40-/m1/s1. The van der Waals surface area contributed by atoms with E-state index in [0.717, 1.165) is 70.6 Å². The van der Waals surface area contributed by atoms with Gasteiger partial charge in [-0.25, -0.2) is 4.57 Å². The summed E-state index contributed by atoms with van der Waals surface area (Å²) < 4.78 is 33.1. The first-order valence-electron chi connectivity index (χ1n) is 19.8. The lowest BCUT2D eigenvalue weighted by Gasteiger charge is -2.19. The molecule has 290 valence electrons. The Labute approximate surface area is 306 Å². The highest BCUT2D eigenvalue weighted by Crippen LogP contribution is 2.43. The lowest BCUT2D eigenvalue weighted by molar-refractivity contribution is -0.153. The minimum atomic E-state index is -4.30. The zero-order valence-electron chi connectivity index (χ0n) is 31.9. The van der Waals surface area contributed by atoms with Crippen molar-refractivity contribution in [2.24, 2.45) is 5.73 Å². The van der Waals surface area contributed by atoms with E-state index in [1.54, 1.807) is 6.26 Å². The third kappa shape index (κ3) is 37.3. The number of allylic oxidation sites excluding steroid dienone is 9. The number of carbonyl (C=O) groups is 1. The lowest BCUT2D eigenvalue weighted by Crippen LogP contribution is -2.27. The summed E-state index contributed by atoms with van der Waals surface area (Å²) in [4.78, 5) is 22.4. The van der Waals surface area contributed by atoms with Gasteiger partial charge < -0.3 is 20.1 Å². The van der Waals surface area contributed by atoms with Gasteiger partial charge in [0.1, 0.15) is 6.61 Å². The monoisotopic (exact) mass is 724 g/mol. The van der Waals surface area contributed by atoms with Gasteiger partial charge in [-0.15, -0.1) is 0 Å². The second-order valence-electron chi connectivity index (χ2n) is 12.8. The molecule has 0 radical (unpaired) electrons. The predicted molar refractivity (Wildman–Crippen MR) is 210 cm³/mol. The molecule has 9 heteroatoms. The van der Waals surface area contributed by atoms with E-state index < -0.39 is 13.9 Å². The molecule has 8 nitrogen and oxygen atoms in total. The summed E-state index contributed by atoms with van der Waals surface area (Å²) in [6, 6.07) is 0. The van der Waals surface area contributed by atoms with Crippen LogP contribution < -0.4 is 5.73 Å². The Morgan fingerprint density at radius 3 is 1.72 bits per heavy atom. The molecular formula is C41H74NO7P. The molecule has 0 bridgehead atoms. The number of phosphoric acid groups is 1. The minimum absolute atomic E-state index is 0.0194. The van der Waals surface area contributed by atoms with Crippen LogP contribution in [-0.4, -0.2) is 43.3 Å². The van der Waals surface area contributed by atoms with Gasteiger partial charge in [-0.2, -0.15) is 0 Å². The molecule has 2 atom stereocenters. The first-order valence-corrected chi connectivity index (χ1v) is 21.3. The number of carbonyl (C=O) groups excluding carboxylic acids is 1. The summed E-state index contributed by atoms with van der Waals surface area (Å²) >= 11 is 0. The molecule has 0 fully saturated rings. The van der Waals surface area contributed by atoms with Crippen LogP contribution >= 0.6 is 7.82 Å². The SMILES string of the molecule is CCC=CCC=CCC=CCCCCCCCC(=O)O[C@H](COC=CCCCCCCCCC=CCCCCCC)COP(=O)(O)OCCN. The van der Waals surface area contributed by atoms with E-state index in [2.05, 4.69) is 62.5 Å². The van der Waals surface area contributed by atoms with Crippen molar-refractivity contribution in [1.29, 1.82) is 0 Å². The van der Waals surface area contributed by atoms with Crippen LogP contribution in [0.5, 0.6) is 0 Å². The van der Waals surface area contributed by atoms with Gasteiger partial charge in [-0.05, 0) is 83.1 Å². The fraction of sp³-hybridized carbons (Fsp3) is 0.732. The molecule has 3 N–H and O–H groups in total. The molecule has 0 aromatic rings. The maximum atomic E-state index is 12.5. The van der Waals surface area contributed by atoms with Crippen LogP contribution in [0.3, 0.4) is 0 Å². The topological polar surface area (TPSA) is 117 Å². The van der Waals surface area contributed by atoms with Crippen LogP contribution in [0.25, 0.3) is 0 Å². The van der Waals surface area contributed by atoms with Crippen LogP contribution in [0.15, 0.2) is 60.9 Å². The molecule has 0 amide bonds. The quantitative estimate of drug-likeness (QED) is 0.0214. The molecule has 0 aromatic heterocycles. The van der Waals surface area contributed by atoms with Gasteiger partial charge in [-0.1, -0.05) is 127 Å². The van der Waals surface area contributed by atoms with Gasteiger partial charge in [-0.3, -0.25) is 13.8 Å². The van der Waals surface area contributed by atoms with E-state index >= 15 is 0 Å². The number of hydrogen-bond acceptors (Lipinski definition) is 7. The smallest absolute Gasteiger partial charge is 0.472 e. The van der Waals surface area contributed by atoms with Crippen molar-refractivity contribution >= 4 is 13.8 Å². The van der Waals surface area contributed by atoms with E-state index in [4.69, 9.17) is 24.3 Å². The largest absolute Gasteiger partial charge is 0.498 e. The van der Waals surface area contributed by atoms with E-state index in [9.17, 15) is 14.3 Å². The maximum absolute atomic E-state index is 12.5. The molecule has 0 aliphatic rings. The molecule has 0 saturated carbocycles. The maximum Gasteiger partial charge on any atom is 0.472 e. The van der Waals surface area contributed by atoms with Crippen molar-refractivity contribution in [1.82, 2.24) is 0 Å². The normalized spacial score (nSPS) is 14.2. The third-order valence-corrected chi connectivity index (χ3v) is 8.97. The van der Waals surface area contributed by atoms with Crippen molar-refractivity contribution in [3.05, 3.63) is 60.9 Å². The first-order chi connectivity index (χ1) is 24.4. The number of nitrogens with two attached hydrogens (primary N) is 1. The van der Waals surface area contributed by atoms with Crippen LogP contribution in [0.4, 0.5) is 0 Å². The molecular weight excluding hydrogens is 649 g/mol. The third-order valence-electron chi connectivity index (χ3n) is 7.98. The summed E-state index contributed by atoms with van der Waals surface area (Å²) in [6.45, 7) is 4.07. The van der Waals surface area contributed by atoms with Crippen molar-refractivity contribution in [2.45, 2.75) is 168 Å². The van der Waals surface area contributed by atoms with Gasteiger partial charge in [0.05, 0.1) is 19.5 Å². The van der Waals surface area contributed by atoms with Gasteiger partial charge in [0.15, 0.2) is 6.10 Å². The summed E-state index contributed by atoms with van der Waals surface area (Å²) in [7, 11) is -4.30. The van der Waals surface area contributed by atoms with Crippen LogP contribution in [0, 0.1) is 0 Å². The molecule has 50 heavy (non-hydrogen) atoms. The highest BCUT2D eigenvalue weighted by Gasteiger charge is 2.25. The zero-order chi connectivity index (χ0) is 36.6. The summed E-state index contributed by atoms with van der Waals surface area (Å²) in [5.74, 6) is -0.374. The number of esters is 1. The van der Waals surface area contributed by atoms with Crippen molar-refractivity contribution < 1.29 is 32.8 Å². The van der Waals surface area contributed by atoms with Crippen LogP contribution in [0.2, 0.25) is 0 Å². The van der Waals surface area contributed by atoms with Gasteiger partial charge in [0, 0.05) is 13.0 Å². The summed E-state index contributed by atoms with van der Waals surface area (Å²) in [5, 5.41) is 0. The first kappa shape index (κ1) is 48.0. The van der Waals surface area contributed by atoms with Gasteiger partial charge >= 0.3 is 13.8 Å². The average molecular weight is 724 g/mol. The fourth-order valence-electron chi connectivity index (χ4n) is 5.09. The number of phosphoric ester groups is 1. The molecule has 1 unspecified atom stereocenters. The molecule has 0 aliphatic heterocycles. The molecule has 0 rings (SSSR count). The summed E-state index contributed by atoms with van der Waals surface area (Å²) in [5.41, 5.74) is 5.35. The Kier molecular flexibility index (Phi) is 36.8. The Morgan fingerprint density at radius 2 is 1.14 bits per heavy atom. The highest BCUT2D eigenvalue weighted by atomic mass is 31.2. The summed E-state index contributed by atoms with van der Waals surface area (Å²) in [6.07, 6.45) is 46.1. The number of hydrogen-bond donors (Lipinski definition) is 2. The second kappa shape index (κ2) is 38.3. The van der Waals surface area contributed by atoms with E-state index in [0.29, 0.717) is 0 Å². The molecule has 0 spiro atoms. The second-order valence-corrected chi connectivity index (χ2v) is 14.3. The van der Waals surface area contributed by atoms with E-state index in [1.807, 2.05) is 6.08 Å². The Morgan fingerprint density at radius 1 is 0.640 bits per heavy atom. The Hall–Kier alpha value is -1.96. The van der Waals surface area contributed by atoms with E-state index in [1.165, 1.54) is 70.6 Å². The van der Waals surface area contributed by atoms with Gasteiger partial charge in [0.25, 0.3) is 0 Å². The Balaban J connectivity index is 4.18. The van der Waals surface area contributed by atoms with Crippen LogP contribution in [0.1, 0.15) is 162 Å². The number of ether oxygens (including phenoxy) is 2. The fourth-order valence-corrected chi connectivity index (χ4v) is 5.85. The molecule has 0 aromatic carbocycles. The lowest BCUT2D eigenvalue weighted by atomic mass is 10.1. The number of unbranched alkanes of at least 4 members (excludes halogenated alkanes) is 16. The van der Waals surface area contributed by atoms with E-state index in [-0.39, 0.29) is 38.8 Å². The van der Waals surface area contributed by atoms with Crippen molar-refractivity contribution in [3.63, 3.8) is 0 Å². The Bertz CT molecular complexity index is 947. The molecule has 0 aliphatic carbocycles. The average Bonchev–Trinajstić information content (AvgIpc) is 3.10.